The Kier molecular flexibility index (Phi) is 10.5. The van der Waals surface area contributed by atoms with Gasteiger partial charge in [0.1, 0.15) is 6.04 Å². The highest BCUT2D eigenvalue weighted by Crippen LogP contribution is 2.37. The Morgan fingerprint density at radius 3 is 2.35 bits per heavy atom. The summed E-state index contributed by atoms with van der Waals surface area (Å²) in [5, 5.41) is 3.85. The smallest absolute Gasteiger partial charge is 0.383 e. The topological polar surface area (TPSA) is 63.6 Å². The fraction of sp³-hybridized carbons (Fsp3) is 0.300. The molecule has 0 aliphatic carbocycles. The molecule has 5 aromatic rings. The summed E-state index contributed by atoms with van der Waals surface area (Å²) in [5.74, 6) is -2.56. The van der Waals surface area contributed by atoms with Crippen LogP contribution in [0.5, 0.6) is 0 Å². The van der Waals surface area contributed by atoms with Crippen molar-refractivity contribution in [1.82, 2.24) is 14.8 Å². The first kappa shape index (κ1) is 33.3. The second-order valence-corrected chi connectivity index (χ2v) is 13.7. The van der Waals surface area contributed by atoms with Crippen LogP contribution >= 0.6 is 11.8 Å². The number of pyridine rings is 1. The number of nitrogens with one attached hydrogen (secondary N) is 1. The van der Waals surface area contributed by atoms with E-state index < -0.39 is 36.5 Å². The predicted octanol–water partition coefficient (Wildman–Crippen LogP) is 8.47. The van der Waals surface area contributed by atoms with Gasteiger partial charge in [-0.2, -0.15) is 13.2 Å². The predicted molar refractivity (Wildman–Crippen MR) is 193 cm³/mol. The molecule has 6 rings (SSSR count). The van der Waals surface area contributed by atoms with Crippen LogP contribution in [0.2, 0.25) is 0 Å². The lowest BCUT2D eigenvalue weighted by Crippen LogP contribution is -2.43. The minimum Gasteiger partial charge on any atom is -0.383 e. The number of fused-ring (bicyclic) bond motifs is 1. The molecule has 1 fully saturated rings. The number of hydrogen-bond donors (Lipinski definition) is 1. The molecule has 4 aromatic carbocycles. The first-order valence-corrected chi connectivity index (χ1v) is 17.8. The first-order valence-electron chi connectivity index (χ1n) is 18.3. The van der Waals surface area contributed by atoms with E-state index in [1.54, 1.807) is 48.5 Å². The number of ether oxygens (including phenoxy) is 1. The molecule has 52 heavy (non-hydrogen) atoms. The Morgan fingerprint density at radius 1 is 0.962 bits per heavy atom. The standard InChI is InChI=1S/C40H38F5N3O3S/c1-51-22-21-47-19-17-29(18-20-47)38(39(50)46-24-26-9-11-27(12-10-26)28-13-15-31(16-14-28)40(43,44)45)48-34-8-3-2-6-32(34)35(49)23-36(48)52-25-30-5-4-7-33(41)37(30)42/h2-16,23,29,38H,17-22,24-25H2,1H3,(H,46,50)/i1D3. The lowest BCUT2D eigenvalue weighted by Gasteiger charge is -2.37. The summed E-state index contributed by atoms with van der Waals surface area (Å²) < 4.78 is 96.8. The molecule has 1 N–H and O–H groups in total. The highest BCUT2D eigenvalue weighted by atomic mass is 32.2. The lowest BCUT2D eigenvalue weighted by atomic mass is 9.88. The number of aromatic nitrogens is 1. The van der Waals surface area contributed by atoms with Crippen molar-refractivity contribution in [3.8, 4) is 11.1 Å². The molecular weight excluding hydrogens is 698 g/mol. The molecule has 12 heteroatoms. The number of hydrogen-bond acceptors (Lipinski definition) is 5. The van der Waals surface area contributed by atoms with E-state index in [0.717, 1.165) is 35.5 Å². The van der Waals surface area contributed by atoms with Gasteiger partial charge in [0, 0.05) is 42.9 Å². The van der Waals surface area contributed by atoms with E-state index >= 15 is 0 Å². The van der Waals surface area contributed by atoms with Gasteiger partial charge in [0.25, 0.3) is 0 Å². The van der Waals surface area contributed by atoms with Crippen molar-refractivity contribution in [3.63, 3.8) is 0 Å². The summed E-state index contributed by atoms with van der Waals surface area (Å²) in [4.78, 5) is 30.0. The molecule has 2 heterocycles. The molecule has 1 atom stereocenters. The summed E-state index contributed by atoms with van der Waals surface area (Å²) >= 11 is 1.13. The molecule has 1 unspecified atom stereocenters. The average molecular weight is 739 g/mol. The van der Waals surface area contributed by atoms with Crippen molar-refractivity contribution in [1.29, 1.82) is 0 Å². The molecule has 0 spiro atoms. The van der Waals surface area contributed by atoms with Crippen LogP contribution in [0.4, 0.5) is 22.0 Å². The van der Waals surface area contributed by atoms with Gasteiger partial charge in [0.15, 0.2) is 17.1 Å². The number of thioether (sulfide) groups is 1. The normalized spacial score (nSPS) is 15.9. The van der Waals surface area contributed by atoms with Crippen molar-refractivity contribution < 1.29 is 35.6 Å². The van der Waals surface area contributed by atoms with E-state index in [4.69, 9.17) is 8.85 Å². The lowest BCUT2D eigenvalue weighted by molar-refractivity contribution is -0.137. The Bertz CT molecular complexity index is 2170. The van der Waals surface area contributed by atoms with Crippen LogP contribution in [0.1, 0.15) is 39.7 Å². The van der Waals surface area contributed by atoms with Crippen LogP contribution in [0, 0.1) is 17.6 Å². The van der Waals surface area contributed by atoms with Crippen molar-refractivity contribution in [3.05, 3.63) is 136 Å². The third kappa shape index (κ3) is 8.57. The summed E-state index contributed by atoms with van der Waals surface area (Å²) in [6.07, 6.45) is -3.33. The van der Waals surface area contributed by atoms with Crippen LogP contribution in [-0.2, 0) is 28.0 Å². The summed E-state index contributed by atoms with van der Waals surface area (Å²) in [6.45, 7) is 1.65. The van der Waals surface area contributed by atoms with Crippen molar-refractivity contribution >= 4 is 28.6 Å². The zero-order valence-corrected chi connectivity index (χ0v) is 28.8. The first-order chi connectivity index (χ1) is 26.2. The fourth-order valence-electron chi connectivity index (χ4n) is 6.65. The second-order valence-electron chi connectivity index (χ2n) is 12.7. The third-order valence-corrected chi connectivity index (χ3v) is 10.5. The summed E-state index contributed by atoms with van der Waals surface area (Å²) in [5.41, 5.74) is 1.63. The molecule has 1 amide bonds. The number of para-hydroxylation sites is 1. The fourth-order valence-corrected chi connectivity index (χ4v) is 7.72. The SMILES string of the molecule is [2H]C([2H])([2H])OCCN1CCC(C(C(=O)NCc2ccc(-c3ccc(C(F)(F)F)cc3)cc2)n2c(SCc3cccc(F)c3F)cc(=O)c3ccccc32)CC1. The number of rotatable bonds is 12. The van der Waals surface area contributed by atoms with Crippen LogP contribution in [0.15, 0.2) is 107 Å². The van der Waals surface area contributed by atoms with Crippen LogP contribution in [-0.4, -0.2) is 48.7 Å². The highest BCUT2D eigenvalue weighted by Gasteiger charge is 2.35. The summed E-state index contributed by atoms with van der Waals surface area (Å²) in [7, 11) is -2.50. The number of benzene rings is 4. The Morgan fingerprint density at radius 2 is 1.65 bits per heavy atom. The number of carbonyl (C=O) groups is 1. The van der Waals surface area contributed by atoms with Crippen molar-refractivity contribution in [2.75, 3.05) is 33.3 Å². The van der Waals surface area contributed by atoms with Gasteiger partial charge >= 0.3 is 6.18 Å². The average Bonchev–Trinajstić information content (AvgIpc) is 3.16. The minimum atomic E-state index is -4.44. The molecule has 1 aliphatic rings. The number of alkyl halides is 3. The van der Waals surface area contributed by atoms with E-state index in [9.17, 15) is 31.5 Å². The number of nitrogens with zero attached hydrogens (tertiary/aromatic N) is 2. The van der Waals surface area contributed by atoms with Crippen molar-refractivity contribution in [2.45, 2.75) is 42.4 Å². The molecule has 0 saturated carbocycles. The van der Waals surface area contributed by atoms with Crippen LogP contribution in [0.25, 0.3) is 22.0 Å². The molecule has 1 saturated heterocycles. The molecule has 0 radical (unpaired) electrons. The molecule has 1 aliphatic heterocycles. The van der Waals surface area contributed by atoms with E-state index in [2.05, 4.69) is 10.2 Å². The Balaban J connectivity index is 1.28. The largest absolute Gasteiger partial charge is 0.416 e. The van der Waals surface area contributed by atoms with Gasteiger partial charge in [0.05, 0.1) is 26.8 Å². The molecule has 272 valence electrons. The van der Waals surface area contributed by atoms with Crippen LogP contribution in [0.3, 0.4) is 0 Å². The van der Waals surface area contributed by atoms with Gasteiger partial charge in [0.2, 0.25) is 5.91 Å². The van der Waals surface area contributed by atoms with Crippen LogP contribution < -0.4 is 10.7 Å². The second kappa shape index (κ2) is 16.4. The number of halogens is 5. The third-order valence-electron chi connectivity index (χ3n) is 9.43. The molecule has 0 bridgehead atoms. The monoisotopic (exact) mass is 738 g/mol. The van der Waals surface area contributed by atoms with Gasteiger partial charge in [-0.25, -0.2) is 8.78 Å². The summed E-state index contributed by atoms with van der Waals surface area (Å²) in [6, 6.07) is 23.4. The number of piperidine rings is 1. The van der Waals surface area contributed by atoms with Gasteiger partial charge in [-0.05, 0) is 78.9 Å². The van der Waals surface area contributed by atoms with Crippen molar-refractivity contribution in [2.24, 2.45) is 5.92 Å². The zero-order valence-electron chi connectivity index (χ0n) is 31.0. The van der Waals surface area contributed by atoms with E-state index in [0.29, 0.717) is 59.5 Å². The molecule has 6 nitrogen and oxygen atoms in total. The van der Waals surface area contributed by atoms with E-state index in [1.165, 1.54) is 30.3 Å². The minimum absolute atomic E-state index is 0.0110. The number of amides is 1. The molecule has 1 aromatic heterocycles. The van der Waals surface area contributed by atoms with Gasteiger partial charge in [-0.1, -0.05) is 60.7 Å². The Hall–Kier alpha value is -4.52. The van der Waals surface area contributed by atoms with Gasteiger partial charge in [-0.15, -0.1) is 11.8 Å². The quantitative estimate of drug-likeness (QED) is 0.103. The Labute approximate surface area is 306 Å². The number of likely N-dealkylation sites (tertiary alicyclic amines) is 1. The van der Waals surface area contributed by atoms with Gasteiger partial charge < -0.3 is 19.5 Å². The maximum absolute atomic E-state index is 14.7. The number of carbonyl (C=O) groups excluding carboxylic acids is 1. The van der Waals surface area contributed by atoms with E-state index in [-0.39, 0.29) is 41.7 Å². The zero-order chi connectivity index (χ0) is 39.3. The maximum atomic E-state index is 14.7. The van der Waals surface area contributed by atoms with E-state index in [1.807, 2.05) is 4.57 Å². The van der Waals surface area contributed by atoms with Gasteiger partial charge in [-0.3, -0.25) is 9.59 Å². The maximum Gasteiger partial charge on any atom is 0.416 e. The molecular formula is C40H38F5N3O3S. The highest BCUT2D eigenvalue weighted by molar-refractivity contribution is 7.98. The number of methoxy groups -OCH3 is 1.